The van der Waals surface area contributed by atoms with Gasteiger partial charge < -0.3 is 14.9 Å². The number of hydrogen-bond donors (Lipinski definition) is 1. The maximum absolute atomic E-state index is 10.9. The van der Waals surface area contributed by atoms with Crippen LogP contribution in [0.1, 0.15) is 43.2 Å². The van der Waals surface area contributed by atoms with Crippen molar-refractivity contribution in [3.63, 3.8) is 0 Å². The Hall–Kier alpha value is -2.44. The van der Waals surface area contributed by atoms with Crippen molar-refractivity contribution in [2.45, 2.75) is 37.2 Å². The average molecular weight is 286 g/mol. The smallest absolute Gasteiger partial charge is 0.405 e. The third kappa shape index (κ3) is 2.24. The number of primary amides is 1. The van der Waals surface area contributed by atoms with E-state index in [0.717, 1.165) is 31.2 Å². The van der Waals surface area contributed by atoms with Gasteiger partial charge in [0.2, 0.25) is 11.8 Å². The first-order chi connectivity index (χ1) is 10.2. The number of nitrogens with two attached hydrogens (primary N) is 1. The van der Waals surface area contributed by atoms with E-state index >= 15 is 0 Å². The van der Waals surface area contributed by atoms with Gasteiger partial charge in [-0.1, -0.05) is 0 Å². The van der Waals surface area contributed by atoms with Crippen molar-refractivity contribution in [2.24, 2.45) is 5.73 Å². The van der Waals surface area contributed by atoms with Crippen molar-refractivity contribution in [3.8, 4) is 11.5 Å². The van der Waals surface area contributed by atoms with Gasteiger partial charge in [0, 0.05) is 12.1 Å². The summed E-state index contributed by atoms with van der Waals surface area (Å²) >= 11 is 0. The number of pyridine rings is 1. The molecule has 0 spiro atoms. The first-order valence-electron chi connectivity index (χ1n) is 6.95. The highest BCUT2D eigenvalue weighted by Crippen LogP contribution is 2.48. The van der Waals surface area contributed by atoms with Crippen LogP contribution in [0, 0.1) is 0 Å². The summed E-state index contributed by atoms with van der Waals surface area (Å²) in [6.45, 7) is 0. The molecule has 2 aromatic rings. The summed E-state index contributed by atoms with van der Waals surface area (Å²) in [5.41, 5.74) is 5.91. The van der Waals surface area contributed by atoms with E-state index in [2.05, 4.69) is 15.2 Å². The summed E-state index contributed by atoms with van der Waals surface area (Å²) in [6, 6.07) is 3.66. The minimum atomic E-state index is -0.774. The highest BCUT2D eigenvalue weighted by Gasteiger charge is 2.49. The predicted octanol–water partition coefficient (Wildman–Crippen LogP) is 2.09. The van der Waals surface area contributed by atoms with E-state index in [1.807, 2.05) is 12.1 Å². The first-order valence-corrected chi connectivity index (χ1v) is 6.95. The van der Waals surface area contributed by atoms with Crippen LogP contribution in [0.5, 0.6) is 0 Å². The Balaban J connectivity index is 1.56. The molecule has 2 aliphatic carbocycles. The van der Waals surface area contributed by atoms with E-state index in [1.165, 1.54) is 0 Å². The molecule has 0 saturated heterocycles. The van der Waals surface area contributed by atoms with E-state index < -0.39 is 11.7 Å². The predicted molar refractivity (Wildman–Crippen MR) is 71.1 cm³/mol. The molecule has 7 nitrogen and oxygen atoms in total. The summed E-state index contributed by atoms with van der Waals surface area (Å²) in [5, 5.41) is 8.09. The number of amides is 1. The molecule has 0 radical (unpaired) electrons. The van der Waals surface area contributed by atoms with Crippen LogP contribution in [0.4, 0.5) is 4.79 Å². The van der Waals surface area contributed by atoms with Gasteiger partial charge in [-0.15, -0.1) is 10.2 Å². The Kier molecular flexibility index (Phi) is 2.51. The average Bonchev–Trinajstić information content (AvgIpc) is 3.40. The van der Waals surface area contributed by atoms with Gasteiger partial charge in [0.15, 0.2) is 5.60 Å². The van der Waals surface area contributed by atoms with Crippen molar-refractivity contribution >= 4 is 6.09 Å². The van der Waals surface area contributed by atoms with E-state index in [1.54, 1.807) is 6.20 Å². The van der Waals surface area contributed by atoms with Crippen molar-refractivity contribution in [1.82, 2.24) is 15.2 Å². The molecule has 7 heteroatoms. The van der Waals surface area contributed by atoms with Gasteiger partial charge in [-0.3, -0.25) is 4.98 Å². The molecular formula is C14H14N4O3. The molecule has 21 heavy (non-hydrogen) atoms. The fourth-order valence-corrected chi connectivity index (χ4v) is 2.35. The van der Waals surface area contributed by atoms with Gasteiger partial charge in [0.25, 0.3) is 0 Å². The quantitative estimate of drug-likeness (QED) is 0.922. The lowest BCUT2D eigenvalue weighted by Gasteiger charge is -2.14. The Morgan fingerprint density at radius 1 is 1.33 bits per heavy atom. The Labute approximate surface area is 120 Å². The van der Waals surface area contributed by atoms with E-state index in [9.17, 15) is 4.79 Å². The monoisotopic (exact) mass is 286 g/mol. The summed E-state index contributed by atoms with van der Waals surface area (Å²) in [7, 11) is 0. The molecule has 4 rings (SSSR count). The highest BCUT2D eigenvalue weighted by atomic mass is 16.6. The lowest BCUT2D eigenvalue weighted by molar-refractivity contribution is 0.0872. The molecular weight excluding hydrogens is 272 g/mol. The van der Waals surface area contributed by atoms with Gasteiger partial charge in [-0.05, 0) is 37.8 Å². The normalized spacial score (nSPS) is 19.2. The van der Waals surface area contributed by atoms with Gasteiger partial charge in [-0.25, -0.2) is 4.79 Å². The zero-order valence-electron chi connectivity index (χ0n) is 11.3. The molecule has 2 heterocycles. The van der Waals surface area contributed by atoms with Crippen molar-refractivity contribution in [2.75, 3.05) is 0 Å². The number of carbonyl (C=O) groups is 1. The molecule has 2 N–H and O–H groups in total. The van der Waals surface area contributed by atoms with Crippen LogP contribution in [-0.2, 0) is 10.3 Å². The lowest BCUT2D eigenvalue weighted by Crippen LogP contribution is -2.23. The maximum atomic E-state index is 10.9. The number of nitrogens with zero attached hydrogens (tertiary/aromatic N) is 3. The molecule has 0 bridgehead atoms. The Morgan fingerprint density at radius 2 is 2.14 bits per heavy atom. The number of rotatable bonds is 4. The van der Waals surface area contributed by atoms with E-state index in [4.69, 9.17) is 14.9 Å². The molecule has 1 amide bonds. The fourth-order valence-electron chi connectivity index (χ4n) is 2.35. The molecule has 0 aromatic carbocycles. The van der Waals surface area contributed by atoms with Crippen molar-refractivity contribution in [3.05, 3.63) is 29.9 Å². The largest absolute Gasteiger partial charge is 0.437 e. The van der Waals surface area contributed by atoms with Crippen LogP contribution in [-0.4, -0.2) is 21.3 Å². The molecule has 0 atom stereocenters. The topological polar surface area (TPSA) is 104 Å². The summed E-state index contributed by atoms with van der Waals surface area (Å²) in [4.78, 5) is 15.3. The number of aromatic nitrogens is 3. The lowest BCUT2D eigenvalue weighted by atomic mass is 10.1. The molecule has 0 aliphatic heterocycles. The molecule has 2 fully saturated rings. The zero-order valence-corrected chi connectivity index (χ0v) is 11.3. The van der Waals surface area contributed by atoms with Gasteiger partial charge >= 0.3 is 6.09 Å². The van der Waals surface area contributed by atoms with Crippen molar-refractivity contribution < 1.29 is 13.9 Å². The zero-order chi connectivity index (χ0) is 14.4. The van der Waals surface area contributed by atoms with E-state index in [-0.39, 0.29) is 0 Å². The second-order valence-corrected chi connectivity index (χ2v) is 5.57. The highest BCUT2D eigenvalue weighted by molar-refractivity contribution is 5.66. The standard InChI is InChI=1S/C14H14N4O3/c15-13(19)21-14(5-6-14)10-4-3-9(7-16-10)12-18-17-11(20-12)8-1-2-8/h3-4,7-8H,1-2,5-6H2,(H2,15,19). The van der Waals surface area contributed by atoms with Crippen molar-refractivity contribution in [1.29, 1.82) is 0 Å². The number of ether oxygens (including phenoxy) is 1. The van der Waals surface area contributed by atoms with Crippen LogP contribution in [0.2, 0.25) is 0 Å². The molecule has 2 aromatic heterocycles. The second kappa shape index (κ2) is 4.28. The summed E-state index contributed by atoms with van der Waals surface area (Å²) < 4.78 is 10.8. The second-order valence-electron chi connectivity index (χ2n) is 5.57. The maximum Gasteiger partial charge on any atom is 0.405 e. The third-order valence-corrected chi connectivity index (χ3v) is 3.84. The van der Waals surface area contributed by atoms with Gasteiger partial charge in [0.1, 0.15) is 0 Å². The van der Waals surface area contributed by atoms with Gasteiger partial charge in [0.05, 0.1) is 11.3 Å². The number of carbonyl (C=O) groups excluding carboxylic acids is 1. The van der Waals surface area contributed by atoms with Gasteiger partial charge in [-0.2, -0.15) is 0 Å². The third-order valence-electron chi connectivity index (χ3n) is 3.84. The summed E-state index contributed by atoms with van der Waals surface area (Å²) in [5.74, 6) is 1.60. The molecule has 2 aliphatic rings. The molecule has 108 valence electrons. The SMILES string of the molecule is NC(=O)OC1(c2ccc(-c3nnc(C4CC4)o3)cn2)CC1. The van der Waals surface area contributed by atoms with Crippen LogP contribution in [0.25, 0.3) is 11.5 Å². The molecule has 0 unspecified atom stereocenters. The van der Waals surface area contributed by atoms with Crippen LogP contribution in [0.3, 0.4) is 0 Å². The Morgan fingerprint density at radius 3 is 2.71 bits per heavy atom. The Bertz CT molecular complexity index is 686. The van der Waals surface area contributed by atoms with Crippen LogP contribution in [0.15, 0.2) is 22.7 Å². The summed E-state index contributed by atoms with van der Waals surface area (Å²) in [6.07, 6.45) is 4.61. The minimum absolute atomic E-state index is 0.428. The minimum Gasteiger partial charge on any atom is -0.437 e. The fraction of sp³-hybridized carbons (Fsp3) is 0.429. The first kappa shape index (κ1) is 12.3. The van der Waals surface area contributed by atoms with Crippen LogP contribution < -0.4 is 5.73 Å². The van der Waals surface area contributed by atoms with E-state index in [0.29, 0.717) is 23.4 Å². The number of hydrogen-bond acceptors (Lipinski definition) is 6. The van der Waals surface area contributed by atoms with Crippen LogP contribution >= 0.6 is 0 Å². The molecule has 2 saturated carbocycles.